The van der Waals surface area contributed by atoms with Gasteiger partial charge in [-0.3, -0.25) is 4.90 Å². The van der Waals surface area contributed by atoms with Crippen LogP contribution in [0.2, 0.25) is 0 Å². The molecule has 1 fully saturated rings. The van der Waals surface area contributed by atoms with Crippen molar-refractivity contribution in [1.82, 2.24) is 9.80 Å². The van der Waals surface area contributed by atoms with Gasteiger partial charge in [0.1, 0.15) is 0 Å². The molecule has 1 saturated heterocycles. The van der Waals surface area contributed by atoms with E-state index in [2.05, 4.69) is 44.5 Å². The fraction of sp³-hybridized carbons (Fsp3) is 1.00. The third-order valence-electron chi connectivity index (χ3n) is 3.90. The summed E-state index contributed by atoms with van der Waals surface area (Å²) >= 11 is 0. The average Bonchev–Trinajstić information content (AvgIpc) is 2.19. The van der Waals surface area contributed by atoms with Crippen molar-refractivity contribution >= 4 is 0 Å². The number of nitrogens with zero attached hydrogens (tertiary/aromatic N) is 2. The Morgan fingerprint density at radius 1 is 1.31 bits per heavy atom. The van der Waals surface area contributed by atoms with E-state index in [1.165, 1.54) is 19.5 Å². The molecule has 0 aliphatic carbocycles. The molecule has 1 aliphatic rings. The van der Waals surface area contributed by atoms with Crippen LogP contribution in [0, 0.1) is 5.41 Å². The Labute approximate surface area is 101 Å². The van der Waals surface area contributed by atoms with Gasteiger partial charge in [0.15, 0.2) is 0 Å². The molecule has 3 heteroatoms. The molecule has 0 radical (unpaired) electrons. The Balaban J connectivity index is 2.44. The second kappa shape index (κ2) is 5.48. The first-order chi connectivity index (χ1) is 7.34. The van der Waals surface area contributed by atoms with E-state index in [0.29, 0.717) is 6.04 Å². The van der Waals surface area contributed by atoms with Crippen LogP contribution in [0.5, 0.6) is 0 Å². The molecule has 0 aromatic rings. The van der Waals surface area contributed by atoms with E-state index in [-0.39, 0.29) is 11.5 Å². The van der Waals surface area contributed by atoms with Gasteiger partial charge in [-0.1, -0.05) is 27.7 Å². The standard InChI is InChI=1S/C13H29N3/c1-6-11-9-16(8-7-15(11)5)10-12(14)13(2,3)4/h11-12H,6-10,14H2,1-5H3. The average molecular weight is 227 g/mol. The Hall–Kier alpha value is -0.120. The minimum atomic E-state index is 0.213. The number of hydrogen-bond acceptors (Lipinski definition) is 3. The molecule has 0 aromatic heterocycles. The number of rotatable bonds is 3. The highest BCUT2D eigenvalue weighted by molar-refractivity contribution is 4.85. The summed E-state index contributed by atoms with van der Waals surface area (Å²) in [6, 6.07) is 0.981. The Morgan fingerprint density at radius 2 is 1.94 bits per heavy atom. The lowest BCUT2D eigenvalue weighted by Crippen LogP contribution is -2.55. The lowest BCUT2D eigenvalue weighted by molar-refractivity contribution is 0.0783. The van der Waals surface area contributed by atoms with Crippen LogP contribution < -0.4 is 5.73 Å². The predicted molar refractivity (Wildman–Crippen MR) is 70.6 cm³/mol. The summed E-state index contributed by atoms with van der Waals surface area (Å²) in [5.74, 6) is 0. The summed E-state index contributed by atoms with van der Waals surface area (Å²) in [7, 11) is 2.23. The fourth-order valence-electron chi connectivity index (χ4n) is 2.17. The molecule has 3 nitrogen and oxygen atoms in total. The van der Waals surface area contributed by atoms with Crippen molar-refractivity contribution in [1.29, 1.82) is 0 Å². The first-order valence-electron chi connectivity index (χ1n) is 6.52. The summed E-state index contributed by atoms with van der Waals surface area (Å²) in [5.41, 5.74) is 6.46. The van der Waals surface area contributed by atoms with E-state index in [9.17, 15) is 0 Å². The Kier molecular flexibility index (Phi) is 4.77. The SMILES string of the molecule is CCC1CN(CC(N)C(C)(C)C)CCN1C. The topological polar surface area (TPSA) is 32.5 Å². The van der Waals surface area contributed by atoms with Crippen LogP contribution in [0.25, 0.3) is 0 Å². The van der Waals surface area contributed by atoms with Crippen molar-refractivity contribution in [3.8, 4) is 0 Å². The molecule has 0 bridgehead atoms. The molecule has 1 aliphatic heterocycles. The number of likely N-dealkylation sites (N-methyl/N-ethyl adjacent to an activating group) is 1. The third-order valence-corrected chi connectivity index (χ3v) is 3.90. The van der Waals surface area contributed by atoms with Crippen LogP contribution in [0.4, 0.5) is 0 Å². The zero-order valence-corrected chi connectivity index (χ0v) is 11.7. The van der Waals surface area contributed by atoms with Gasteiger partial charge in [-0.2, -0.15) is 0 Å². The van der Waals surface area contributed by atoms with Gasteiger partial charge >= 0.3 is 0 Å². The number of nitrogens with two attached hydrogens (primary N) is 1. The molecule has 16 heavy (non-hydrogen) atoms. The van der Waals surface area contributed by atoms with E-state index < -0.39 is 0 Å². The highest BCUT2D eigenvalue weighted by Crippen LogP contribution is 2.19. The smallest absolute Gasteiger partial charge is 0.0218 e. The van der Waals surface area contributed by atoms with Crippen LogP contribution in [0.15, 0.2) is 0 Å². The summed E-state index contributed by atoms with van der Waals surface area (Å²) in [5, 5.41) is 0. The zero-order valence-electron chi connectivity index (χ0n) is 11.7. The minimum absolute atomic E-state index is 0.213. The van der Waals surface area contributed by atoms with Gasteiger partial charge in [0.2, 0.25) is 0 Å². The van der Waals surface area contributed by atoms with E-state index in [0.717, 1.165) is 13.1 Å². The highest BCUT2D eigenvalue weighted by atomic mass is 15.3. The second-order valence-corrected chi connectivity index (χ2v) is 6.27. The van der Waals surface area contributed by atoms with Crippen LogP contribution in [-0.4, -0.2) is 55.1 Å². The van der Waals surface area contributed by atoms with Gasteiger partial charge in [-0.05, 0) is 18.9 Å². The first-order valence-corrected chi connectivity index (χ1v) is 6.52. The van der Waals surface area contributed by atoms with Gasteiger partial charge in [-0.25, -0.2) is 0 Å². The molecule has 1 rings (SSSR count). The Morgan fingerprint density at radius 3 is 2.44 bits per heavy atom. The second-order valence-electron chi connectivity index (χ2n) is 6.27. The number of hydrogen-bond donors (Lipinski definition) is 1. The van der Waals surface area contributed by atoms with Crippen molar-refractivity contribution in [2.24, 2.45) is 11.1 Å². The summed E-state index contributed by atoms with van der Waals surface area (Å²) in [6.45, 7) is 13.5. The largest absolute Gasteiger partial charge is 0.326 e. The molecule has 1 heterocycles. The molecule has 2 unspecified atom stereocenters. The molecule has 0 aromatic carbocycles. The van der Waals surface area contributed by atoms with Crippen molar-refractivity contribution in [3.63, 3.8) is 0 Å². The molecule has 96 valence electrons. The van der Waals surface area contributed by atoms with E-state index >= 15 is 0 Å². The van der Waals surface area contributed by atoms with Crippen LogP contribution in [-0.2, 0) is 0 Å². The van der Waals surface area contributed by atoms with Crippen LogP contribution in [0.3, 0.4) is 0 Å². The molecular formula is C13H29N3. The van der Waals surface area contributed by atoms with E-state index in [1.807, 2.05) is 0 Å². The van der Waals surface area contributed by atoms with Gasteiger partial charge in [0.05, 0.1) is 0 Å². The predicted octanol–water partition coefficient (Wildman–Crippen LogP) is 1.39. The van der Waals surface area contributed by atoms with E-state index in [4.69, 9.17) is 5.73 Å². The van der Waals surface area contributed by atoms with Gasteiger partial charge in [0, 0.05) is 38.3 Å². The molecule has 0 saturated carbocycles. The van der Waals surface area contributed by atoms with E-state index in [1.54, 1.807) is 0 Å². The maximum absolute atomic E-state index is 6.25. The monoisotopic (exact) mass is 227 g/mol. The highest BCUT2D eigenvalue weighted by Gasteiger charge is 2.27. The Bertz CT molecular complexity index is 210. The van der Waals surface area contributed by atoms with Crippen LogP contribution >= 0.6 is 0 Å². The maximum Gasteiger partial charge on any atom is 0.0218 e. The number of piperazine rings is 1. The third kappa shape index (κ3) is 3.72. The lowest BCUT2D eigenvalue weighted by Gasteiger charge is -2.41. The van der Waals surface area contributed by atoms with Gasteiger partial charge in [-0.15, -0.1) is 0 Å². The summed E-state index contributed by atoms with van der Waals surface area (Å²) in [6.07, 6.45) is 1.23. The van der Waals surface area contributed by atoms with Crippen molar-refractivity contribution in [2.45, 2.75) is 46.2 Å². The van der Waals surface area contributed by atoms with Gasteiger partial charge in [0.25, 0.3) is 0 Å². The minimum Gasteiger partial charge on any atom is -0.326 e. The van der Waals surface area contributed by atoms with Crippen molar-refractivity contribution < 1.29 is 0 Å². The summed E-state index contributed by atoms with van der Waals surface area (Å²) in [4.78, 5) is 5.00. The molecule has 0 amide bonds. The molecular weight excluding hydrogens is 198 g/mol. The van der Waals surface area contributed by atoms with Gasteiger partial charge < -0.3 is 10.6 Å². The normalized spacial score (nSPS) is 27.0. The lowest BCUT2D eigenvalue weighted by atomic mass is 9.87. The van der Waals surface area contributed by atoms with Crippen molar-refractivity contribution in [2.75, 3.05) is 33.2 Å². The molecule has 2 atom stereocenters. The first kappa shape index (κ1) is 13.9. The zero-order chi connectivity index (χ0) is 12.3. The maximum atomic E-state index is 6.25. The van der Waals surface area contributed by atoms with Crippen molar-refractivity contribution in [3.05, 3.63) is 0 Å². The summed E-state index contributed by atoms with van der Waals surface area (Å²) < 4.78 is 0. The molecule has 2 N–H and O–H groups in total. The fourth-order valence-corrected chi connectivity index (χ4v) is 2.17. The molecule has 0 spiro atoms. The quantitative estimate of drug-likeness (QED) is 0.791. The van der Waals surface area contributed by atoms with Crippen LogP contribution in [0.1, 0.15) is 34.1 Å².